The lowest BCUT2D eigenvalue weighted by Gasteiger charge is -1.97. The molecule has 0 aliphatic carbocycles. The molecule has 0 saturated heterocycles. The highest BCUT2D eigenvalue weighted by Gasteiger charge is 1.91. The third-order valence-electron chi connectivity index (χ3n) is 4.68. The molecular formula is C30H40O2. The highest BCUT2D eigenvalue weighted by molar-refractivity contribution is 5.09. The summed E-state index contributed by atoms with van der Waals surface area (Å²) in [5.74, 6) is 17.4. The summed E-state index contributed by atoms with van der Waals surface area (Å²) in [7, 11) is 0. The predicted molar refractivity (Wildman–Crippen MR) is 137 cm³/mol. The maximum atomic E-state index is 9.19. The van der Waals surface area contributed by atoms with Gasteiger partial charge >= 0.3 is 0 Å². The fourth-order valence-electron chi connectivity index (χ4n) is 2.83. The Morgan fingerprint density at radius 2 is 0.938 bits per heavy atom. The van der Waals surface area contributed by atoms with Crippen molar-refractivity contribution >= 4 is 0 Å². The van der Waals surface area contributed by atoms with Gasteiger partial charge in [0.05, 0.1) is 0 Å². The highest BCUT2D eigenvalue weighted by Crippen LogP contribution is 2.06. The van der Waals surface area contributed by atoms with Crippen LogP contribution in [0.1, 0.15) is 89.9 Å². The number of hydrogen-bond donors (Lipinski definition) is 2. The van der Waals surface area contributed by atoms with Gasteiger partial charge in [-0.1, -0.05) is 73.7 Å². The van der Waals surface area contributed by atoms with E-state index in [9.17, 15) is 10.2 Å². The molecule has 172 valence electrons. The predicted octanol–water partition coefficient (Wildman–Crippen LogP) is 6.11. The highest BCUT2D eigenvalue weighted by atomic mass is 16.3. The summed E-state index contributed by atoms with van der Waals surface area (Å²) >= 11 is 0. The lowest BCUT2D eigenvalue weighted by Crippen LogP contribution is -1.95. The first-order valence-electron chi connectivity index (χ1n) is 11.9. The van der Waals surface area contributed by atoms with Crippen LogP contribution in [0.5, 0.6) is 0 Å². The van der Waals surface area contributed by atoms with E-state index in [1.165, 1.54) is 25.7 Å². The van der Waals surface area contributed by atoms with E-state index in [0.29, 0.717) is 0 Å². The van der Waals surface area contributed by atoms with Gasteiger partial charge < -0.3 is 10.2 Å². The summed E-state index contributed by atoms with van der Waals surface area (Å²) in [5, 5.41) is 18.4. The van der Waals surface area contributed by atoms with E-state index in [1.807, 2.05) is 12.2 Å². The molecular weight excluding hydrogens is 392 g/mol. The van der Waals surface area contributed by atoms with E-state index in [0.717, 1.165) is 64.2 Å². The van der Waals surface area contributed by atoms with Gasteiger partial charge in [0.25, 0.3) is 0 Å². The molecule has 0 bridgehead atoms. The van der Waals surface area contributed by atoms with Crippen LogP contribution in [0.15, 0.2) is 36.5 Å². The van der Waals surface area contributed by atoms with Crippen LogP contribution in [-0.4, -0.2) is 22.4 Å². The van der Waals surface area contributed by atoms with Crippen molar-refractivity contribution in [1.82, 2.24) is 0 Å². The van der Waals surface area contributed by atoms with Crippen LogP contribution in [0.3, 0.4) is 0 Å². The molecule has 0 fully saturated rings. The molecule has 0 radical (unpaired) electrons. The number of terminal acetylenes is 2. The van der Waals surface area contributed by atoms with E-state index < -0.39 is 12.2 Å². The summed E-state index contributed by atoms with van der Waals surface area (Å²) < 4.78 is 0. The second-order valence-electron chi connectivity index (χ2n) is 7.57. The van der Waals surface area contributed by atoms with E-state index >= 15 is 0 Å². The van der Waals surface area contributed by atoms with Crippen molar-refractivity contribution < 1.29 is 10.2 Å². The van der Waals surface area contributed by atoms with Gasteiger partial charge in [0, 0.05) is 25.7 Å². The third kappa shape index (κ3) is 23.7. The van der Waals surface area contributed by atoms with Crippen LogP contribution < -0.4 is 0 Å². The zero-order valence-corrected chi connectivity index (χ0v) is 19.6. The lowest BCUT2D eigenvalue weighted by molar-refractivity contribution is 0.280. The molecule has 0 aliphatic rings. The van der Waals surface area contributed by atoms with Crippen LogP contribution in [0.4, 0.5) is 0 Å². The summed E-state index contributed by atoms with van der Waals surface area (Å²) in [4.78, 5) is 0. The van der Waals surface area contributed by atoms with Gasteiger partial charge in [-0.3, -0.25) is 0 Å². The maximum Gasteiger partial charge on any atom is 0.133 e. The van der Waals surface area contributed by atoms with E-state index in [-0.39, 0.29) is 0 Å². The standard InChI is InChI=1S/C30H40O2/c1-3-29(31)27-25-23-21-19-17-15-13-11-9-7-5-6-8-10-12-14-16-18-20-22-24-26-28-30(32)4-2/h1-2,5-6,25-32H,7-8,13-24H2/b6-5-,27-25+,28-26+/t29-,30-/m1/s1. The monoisotopic (exact) mass is 432 g/mol. The molecule has 2 heteroatoms. The minimum absolute atomic E-state index is 0.747. The Hall–Kier alpha value is -2.62. The number of rotatable bonds is 16. The number of unbranched alkanes of at least 4 members (excludes halogenated alkanes) is 10. The van der Waals surface area contributed by atoms with Gasteiger partial charge in [0.2, 0.25) is 0 Å². The normalized spacial score (nSPS) is 12.6. The zero-order valence-electron chi connectivity index (χ0n) is 19.6. The largest absolute Gasteiger partial charge is 0.377 e. The number of aliphatic hydroxyl groups excluding tert-OH is 2. The first-order chi connectivity index (χ1) is 15.7. The van der Waals surface area contributed by atoms with Crippen molar-refractivity contribution in [1.29, 1.82) is 0 Å². The Labute approximate surface area is 197 Å². The molecule has 0 unspecified atom stereocenters. The van der Waals surface area contributed by atoms with Gasteiger partial charge in [-0.2, -0.15) is 0 Å². The van der Waals surface area contributed by atoms with Crippen molar-refractivity contribution in [3.63, 3.8) is 0 Å². The van der Waals surface area contributed by atoms with Gasteiger partial charge in [-0.05, 0) is 50.7 Å². The van der Waals surface area contributed by atoms with Crippen LogP contribution in [0.2, 0.25) is 0 Å². The topological polar surface area (TPSA) is 40.5 Å². The fourth-order valence-corrected chi connectivity index (χ4v) is 2.83. The first-order valence-corrected chi connectivity index (χ1v) is 11.9. The molecule has 2 atom stereocenters. The van der Waals surface area contributed by atoms with Crippen LogP contribution >= 0.6 is 0 Å². The molecule has 0 amide bonds. The average molecular weight is 433 g/mol. The van der Waals surface area contributed by atoms with Crippen LogP contribution in [-0.2, 0) is 0 Å². The lowest BCUT2D eigenvalue weighted by atomic mass is 10.1. The Kier molecular flexibility index (Phi) is 22.6. The van der Waals surface area contributed by atoms with E-state index in [1.54, 1.807) is 12.2 Å². The molecule has 0 rings (SSSR count). The van der Waals surface area contributed by atoms with Gasteiger partial charge in [0.15, 0.2) is 0 Å². The van der Waals surface area contributed by atoms with Crippen LogP contribution in [0.25, 0.3) is 0 Å². The maximum absolute atomic E-state index is 9.19. The quantitative estimate of drug-likeness (QED) is 0.175. The molecule has 32 heavy (non-hydrogen) atoms. The van der Waals surface area contributed by atoms with Crippen molar-refractivity contribution in [2.24, 2.45) is 0 Å². The first kappa shape index (κ1) is 29.4. The molecule has 0 aromatic rings. The molecule has 0 spiro atoms. The minimum atomic E-state index is -0.747. The van der Waals surface area contributed by atoms with Crippen molar-refractivity contribution in [3.8, 4) is 48.4 Å². The van der Waals surface area contributed by atoms with Gasteiger partial charge in [-0.15, -0.1) is 24.7 Å². The Morgan fingerprint density at radius 1 is 0.531 bits per heavy atom. The molecule has 2 N–H and O–H groups in total. The fraction of sp³-hybridized carbons (Fsp3) is 0.533. The number of hydrogen-bond acceptors (Lipinski definition) is 2. The smallest absolute Gasteiger partial charge is 0.133 e. The second-order valence-corrected chi connectivity index (χ2v) is 7.57. The summed E-state index contributed by atoms with van der Waals surface area (Å²) in [5.41, 5.74) is 0. The van der Waals surface area contributed by atoms with Crippen molar-refractivity contribution in [2.45, 2.75) is 102 Å². The second kappa shape index (κ2) is 24.6. The molecule has 0 aromatic heterocycles. The molecule has 0 heterocycles. The molecule has 0 aromatic carbocycles. The minimum Gasteiger partial charge on any atom is -0.377 e. The third-order valence-corrected chi connectivity index (χ3v) is 4.68. The molecule has 2 nitrogen and oxygen atoms in total. The van der Waals surface area contributed by atoms with Crippen LogP contribution in [0, 0.1) is 48.4 Å². The van der Waals surface area contributed by atoms with E-state index in [2.05, 4.69) is 47.7 Å². The zero-order chi connectivity index (χ0) is 23.5. The number of aliphatic hydroxyl groups is 2. The SMILES string of the molecule is C#C[C@@H](O)/C=C/CCCCCCC#CC/C=C\CC#CCCCCCC/C=C/[C@H](O)C#C. The summed E-state index contributed by atoms with van der Waals surface area (Å²) in [6, 6.07) is 0. The Morgan fingerprint density at radius 3 is 1.34 bits per heavy atom. The van der Waals surface area contributed by atoms with Gasteiger partial charge in [-0.25, -0.2) is 0 Å². The molecule has 0 saturated carbocycles. The summed E-state index contributed by atoms with van der Waals surface area (Å²) in [6.07, 6.45) is 34.9. The summed E-state index contributed by atoms with van der Waals surface area (Å²) in [6.45, 7) is 0. The Bertz CT molecular complexity index is 670. The van der Waals surface area contributed by atoms with Crippen molar-refractivity contribution in [3.05, 3.63) is 36.5 Å². The van der Waals surface area contributed by atoms with Gasteiger partial charge in [0.1, 0.15) is 12.2 Å². The van der Waals surface area contributed by atoms with Crippen molar-refractivity contribution in [2.75, 3.05) is 0 Å². The Balaban J connectivity index is 3.45. The number of allylic oxidation sites excluding steroid dienone is 4. The van der Waals surface area contributed by atoms with E-state index in [4.69, 9.17) is 12.8 Å². The molecule has 0 aliphatic heterocycles. The average Bonchev–Trinajstić information content (AvgIpc) is 2.81.